The van der Waals surface area contributed by atoms with E-state index in [9.17, 15) is 0 Å². The molecule has 0 unspecified atom stereocenters. The molecule has 0 bridgehead atoms. The quantitative estimate of drug-likeness (QED) is 0.406. The second-order valence-electron chi connectivity index (χ2n) is 3.06. The average molecular weight is 227 g/mol. The summed E-state index contributed by atoms with van der Waals surface area (Å²) < 4.78 is 0. The number of rotatable bonds is 2. The minimum absolute atomic E-state index is 0.670. The Labute approximate surface area is 95.2 Å². The van der Waals surface area contributed by atoms with Gasteiger partial charge in [-0.15, -0.1) is 11.6 Å². The number of hydrogen-bond acceptors (Lipinski definition) is 0. The zero-order chi connectivity index (χ0) is 10.4. The summed E-state index contributed by atoms with van der Waals surface area (Å²) in [5, 5.41) is 0.772. The van der Waals surface area contributed by atoms with Crippen LogP contribution in [0.15, 0.2) is 18.2 Å². The van der Waals surface area contributed by atoms with Crippen molar-refractivity contribution >= 4 is 23.2 Å². The van der Waals surface area contributed by atoms with Gasteiger partial charge in [-0.3, -0.25) is 0 Å². The van der Waals surface area contributed by atoms with Gasteiger partial charge >= 0.3 is 0 Å². The lowest BCUT2D eigenvalue weighted by atomic mass is 10.1. The summed E-state index contributed by atoms with van der Waals surface area (Å²) in [6.07, 6.45) is 1.78. The van der Waals surface area contributed by atoms with Crippen LogP contribution < -0.4 is 0 Å². The maximum atomic E-state index is 5.97. The number of hydrogen-bond donors (Lipinski definition) is 0. The molecule has 1 aromatic rings. The zero-order valence-electron chi connectivity index (χ0n) is 8.11. The first-order valence-corrected chi connectivity index (χ1v) is 5.46. The van der Waals surface area contributed by atoms with Crippen molar-refractivity contribution in [3.63, 3.8) is 0 Å². The maximum absolute atomic E-state index is 5.97. The molecule has 1 aromatic carbocycles. The van der Waals surface area contributed by atoms with Gasteiger partial charge in [0.2, 0.25) is 0 Å². The predicted octanol–water partition coefficient (Wildman–Crippen LogP) is 4.02. The van der Waals surface area contributed by atoms with E-state index in [0.29, 0.717) is 5.88 Å². The predicted molar refractivity (Wildman–Crippen MR) is 63.0 cm³/mol. The number of aryl methyl sites for hydroxylation is 1. The van der Waals surface area contributed by atoms with Gasteiger partial charge < -0.3 is 0 Å². The summed E-state index contributed by atoms with van der Waals surface area (Å²) in [5.74, 6) is 6.78. The second kappa shape index (κ2) is 5.96. The summed E-state index contributed by atoms with van der Waals surface area (Å²) in [7, 11) is 0. The lowest BCUT2D eigenvalue weighted by Gasteiger charge is -1.96. The van der Waals surface area contributed by atoms with Crippen LogP contribution >= 0.6 is 23.2 Å². The molecule has 0 nitrogen and oxygen atoms in total. The molecule has 0 amide bonds. The highest BCUT2D eigenvalue weighted by Crippen LogP contribution is 2.15. The van der Waals surface area contributed by atoms with Gasteiger partial charge in [0.25, 0.3) is 0 Å². The lowest BCUT2D eigenvalue weighted by molar-refractivity contribution is 0.991. The SMILES string of the molecule is Cc1ccc(C#CCCCCl)cc1Cl. The molecule has 2 heteroatoms. The standard InChI is InChI=1S/C12H12Cl2/c1-10-6-7-11(9-12(10)14)5-3-2-4-8-13/h6-7,9H,2,4,8H2,1H3. The monoisotopic (exact) mass is 226 g/mol. The van der Waals surface area contributed by atoms with Crippen LogP contribution in [0.1, 0.15) is 24.0 Å². The Morgan fingerprint density at radius 3 is 2.79 bits per heavy atom. The smallest absolute Gasteiger partial charge is 0.0447 e. The number of halogens is 2. The molecule has 0 spiro atoms. The Kier molecular flexibility index (Phi) is 4.87. The van der Waals surface area contributed by atoms with E-state index in [1.807, 2.05) is 25.1 Å². The van der Waals surface area contributed by atoms with Crippen molar-refractivity contribution in [2.45, 2.75) is 19.8 Å². The van der Waals surface area contributed by atoms with E-state index < -0.39 is 0 Å². The summed E-state index contributed by atoms with van der Waals surface area (Å²) >= 11 is 11.5. The lowest BCUT2D eigenvalue weighted by Crippen LogP contribution is -1.79. The van der Waals surface area contributed by atoms with Gasteiger partial charge in [0.15, 0.2) is 0 Å². The molecular formula is C12H12Cl2. The molecule has 0 aromatic heterocycles. The minimum Gasteiger partial charge on any atom is -0.127 e. The van der Waals surface area contributed by atoms with Gasteiger partial charge in [-0.05, 0) is 31.0 Å². The van der Waals surface area contributed by atoms with Gasteiger partial charge in [0.1, 0.15) is 0 Å². The van der Waals surface area contributed by atoms with E-state index in [2.05, 4.69) is 11.8 Å². The van der Waals surface area contributed by atoms with Crippen LogP contribution in [0, 0.1) is 18.8 Å². The molecule has 0 heterocycles. The van der Waals surface area contributed by atoms with Gasteiger partial charge in [-0.2, -0.15) is 0 Å². The number of benzene rings is 1. The van der Waals surface area contributed by atoms with Gasteiger partial charge in [-0.25, -0.2) is 0 Å². The molecule has 0 N–H and O–H groups in total. The van der Waals surface area contributed by atoms with Crippen LogP contribution in [0.5, 0.6) is 0 Å². The second-order valence-corrected chi connectivity index (χ2v) is 3.84. The summed E-state index contributed by atoms with van der Waals surface area (Å²) in [5.41, 5.74) is 2.05. The first-order chi connectivity index (χ1) is 6.74. The highest BCUT2D eigenvalue weighted by molar-refractivity contribution is 6.31. The van der Waals surface area contributed by atoms with E-state index in [4.69, 9.17) is 23.2 Å². The highest BCUT2D eigenvalue weighted by Gasteiger charge is 1.94. The molecule has 1 rings (SSSR count). The molecule has 0 fully saturated rings. The summed E-state index contributed by atoms with van der Waals surface area (Å²) in [6.45, 7) is 1.98. The molecule has 14 heavy (non-hydrogen) atoms. The number of unbranched alkanes of at least 4 members (excludes halogenated alkanes) is 1. The molecule has 0 aliphatic heterocycles. The van der Waals surface area contributed by atoms with Crippen LogP contribution in [0.2, 0.25) is 5.02 Å². The van der Waals surface area contributed by atoms with Gasteiger partial charge in [0.05, 0.1) is 0 Å². The van der Waals surface area contributed by atoms with E-state index in [1.54, 1.807) is 0 Å². The zero-order valence-corrected chi connectivity index (χ0v) is 9.62. The Morgan fingerprint density at radius 2 is 2.14 bits per heavy atom. The first kappa shape index (κ1) is 11.4. The topological polar surface area (TPSA) is 0 Å². The van der Waals surface area contributed by atoms with E-state index >= 15 is 0 Å². The largest absolute Gasteiger partial charge is 0.127 e. The Balaban J connectivity index is 2.66. The van der Waals surface area contributed by atoms with Crippen molar-refractivity contribution in [3.8, 4) is 11.8 Å². The molecule has 0 aliphatic rings. The average Bonchev–Trinajstić information content (AvgIpc) is 2.18. The van der Waals surface area contributed by atoms with E-state index in [0.717, 1.165) is 29.0 Å². The highest BCUT2D eigenvalue weighted by atomic mass is 35.5. The van der Waals surface area contributed by atoms with Crippen LogP contribution in [-0.4, -0.2) is 5.88 Å². The van der Waals surface area contributed by atoms with Crippen LogP contribution in [-0.2, 0) is 0 Å². The summed E-state index contributed by atoms with van der Waals surface area (Å²) in [6, 6.07) is 5.85. The molecule has 74 valence electrons. The van der Waals surface area contributed by atoms with Crippen molar-refractivity contribution in [3.05, 3.63) is 34.3 Å². The first-order valence-electron chi connectivity index (χ1n) is 4.55. The third-order valence-corrected chi connectivity index (χ3v) is 2.51. The van der Waals surface area contributed by atoms with E-state index in [1.165, 1.54) is 0 Å². The van der Waals surface area contributed by atoms with Gasteiger partial charge in [-0.1, -0.05) is 29.5 Å². The molecule has 0 atom stereocenters. The Morgan fingerprint density at radius 1 is 1.36 bits per heavy atom. The normalized spacial score (nSPS) is 9.36. The Hall–Kier alpha value is -0.640. The molecular weight excluding hydrogens is 215 g/mol. The van der Waals surface area contributed by atoms with Gasteiger partial charge in [0, 0.05) is 22.9 Å². The third kappa shape index (κ3) is 3.62. The van der Waals surface area contributed by atoms with Crippen molar-refractivity contribution in [1.29, 1.82) is 0 Å². The number of alkyl halides is 1. The third-order valence-electron chi connectivity index (χ3n) is 1.84. The van der Waals surface area contributed by atoms with Crippen molar-refractivity contribution < 1.29 is 0 Å². The molecule has 0 aliphatic carbocycles. The maximum Gasteiger partial charge on any atom is 0.0447 e. The molecule has 0 saturated heterocycles. The molecule has 0 radical (unpaired) electrons. The Bertz CT molecular complexity index is 358. The molecule has 0 saturated carbocycles. The fourth-order valence-electron chi connectivity index (χ4n) is 0.990. The fraction of sp³-hybridized carbons (Fsp3) is 0.333. The van der Waals surface area contributed by atoms with Crippen molar-refractivity contribution in [1.82, 2.24) is 0 Å². The fourth-order valence-corrected chi connectivity index (χ4v) is 1.30. The van der Waals surface area contributed by atoms with Crippen LogP contribution in [0.4, 0.5) is 0 Å². The van der Waals surface area contributed by atoms with E-state index in [-0.39, 0.29) is 0 Å². The minimum atomic E-state index is 0.670. The summed E-state index contributed by atoms with van der Waals surface area (Å²) in [4.78, 5) is 0. The van der Waals surface area contributed by atoms with Crippen LogP contribution in [0.3, 0.4) is 0 Å². The van der Waals surface area contributed by atoms with Crippen molar-refractivity contribution in [2.24, 2.45) is 0 Å². The van der Waals surface area contributed by atoms with Crippen molar-refractivity contribution in [2.75, 3.05) is 5.88 Å². The van der Waals surface area contributed by atoms with Crippen LogP contribution in [0.25, 0.3) is 0 Å².